The molecule has 2 aliphatic rings. The Balaban J connectivity index is 1.42. The molecule has 148 valence electrons. The van der Waals surface area contributed by atoms with Crippen molar-refractivity contribution in [2.24, 2.45) is 5.92 Å². The molecule has 1 amide bonds. The van der Waals surface area contributed by atoms with E-state index in [0.717, 1.165) is 38.5 Å². The van der Waals surface area contributed by atoms with Crippen LogP contribution in [0, 0.1) is 16.0 Å². The number of ether oxygens (including phenoxy) is 1. The molecular formula is C20H29N3O4. The van der Waals surface area contributed by atoms with Gasteiger partial charge in [0, 0.05) is 38.3 Å². The zero-order chi connectivity index (χ0) is 19.1. The van der Waals surface area contributed by atoms with Crippen LogP contribution in [0.25, 0.3) is 0 Å². The lowest BCUT2D eigenvalue weighted by atomic mass is 9.89. The van der Waals surface area contributed by atoms with Crippen molar-refractivity contribution in [3.05, 3.63) is 34.4 Å². The van der Waals surface area contributed by atoms with Gasteiger partial charge in [0.15, 0.2) is 6.61 Å². The van der Waals surface area contributed by atoms with Crippen LogP contribution in [0.15, 0.2) is 24.3 Å². The van der Waals surface area contributed by atoms with E-state index in [1.807, 2.05) is 4.90 Å². The average Bonchev–Trinajstić information content (AvgIpc) is 2.93. The first-order valence-electron chi connectivity index (χ1n) is 9.99. The largest absolute Gasteiger partial charge is 0.484 e. The maximum Gasteiger partial charge on any atom is 0.269 e. The number of hydrogen-bond donors (Lipinski definition) is 0. The summed E-state index contributed by atoms with van der Waals surface area (Å²) >= 11 is 0. The molecule has 1 saturated carbocycles. The maximum absolute atomic E-state index is 12.5. The standard InChI is InChI=1S/C20H29N3O4/c24-20(16-27-19-9-7-18(8-10-19)23(25)26)22-12-4-11-21(13-14-22)15-17-5-2-1-3-6-17/h7-10,17H,1-6,11-16H2. The van der Waals surface area contributed by atoms with E-state index in [9.17, 15) is 14.9 Å². The quantitative estimate of drug-likeness (QED) is 0.564. The summed E-state index contributed by atoms with van der Waals surface area (Å²) < 4.78 is 5.52. The van der Waals surface area contributed by atoms with Crippen LogP contribution in [0.5, 0.6) is 5.75 Å². The van der Waals surface area contributed by atoms with E-state index in [2.05, 4.69) is 4.90 Å². The van der Waals surface area contributed by atoms with Gasteiger partial charge in [-0.1, -0.05) is 19.3 Å². The fraction of sp³-hybridized carbons (Fsp3) is 0.650. The molecule has 3 rings (SSSR count). The van der Waals surface area contributed by atoms with Crippen LogP contribution < -0.4 is 4.74 Å². The first-order valence-corrected chi connectivity index (χ1v) is 9.99. The Kier molecular flexibility index (Phi) is 7.04. The molecule has 0 unspecified atom stereocenters. The minimum Gasteiger partial charge on any atom is -0.484 e. The molecule has 1 heterocycles. The Morgan fingerprint density at radius 3 is 2.48 bits per heavy atom. The van der Waals surface area contributed by atoms with E-state index < -0.39 is 4.92 Å². The third kappa shape index (κ3) is 5.92. The second kappa shape index (κ2) is 9.69. The molecule has 1 aromatic rings. The smallest absolute Gasteiger partial charge is 0.269 e. The van der Waals surface area contributed by atoms with E-state index in [0.29, 0.717) is 5.75 Å². The Hall–Kier alpha value is -2.15. The fourth-order valence-electron chi connectivity index (χ4n) is 4.04. The summed E-state index contributed by atoms with van der Waals surface area (Å²) in [6, 6.07) is 5.82. The van der Waals surface area contributed by atoms with Gasteiger partial charge in [0.2, 0.25) is 0 Å². The zero-order valence-electron chi connectivity index (χ0n) is 15.8. The monoisotopic (exact) mass is 375 g/mol. The van der Waals surface area contributed by atoms with Crippen LogP contribution in [0.3, 0.4) is 0 Å². The third-order valence-electron chi connectivity index (χ3n) is 5.59. The summed E-state index contributed by atoms with van der Waals surface area (Å²) in [5, 5.41) is 10.7. The van der Waals surface area contributed by atoms with Crippen LogP contribution in [0.1, 0.15) is 38.5 Å². The molecule has 7 heteroatoms. The summed E-state index contributed by atoms with van der Waals surface area (Å²) in [7, 11) is 0. The van der Waals surface area contributed by atoms with Gasteiger partial charge in [-0.25, -0.2) is 0 Å². The number of rotatable bonds is 6. The Morgan fingerprint density at radius 1 is 1.04 bits per heavy atom. The van der Waals surface area contributed by atoms with E-state index >= 15 is 0 Å². The highest BCUT2D eigenvalue weighted by atomic mass is 16.6. The van der Waals surface area contributed by atoms with Crippen LogP contribution in [0.4, 0.5) is 5.69 Å². The van der Waals surface area contributed by atoms with Crippen LogP contribution in [-0.4, -0.2) is 60.0 Å². The molecule has 2 fully saturated rings. The summed E-state index contributed by atoms with van der Waals surface area (Å²) in [5.41, 5.74) is 0.0132. The summed E-state index contributed by atoms with van der Waals surface area (Å²) in [6.07, 6.45) is 7.81. The third-order valence-corrected chi connectivity index (χ3v) is 5.59. The Bertz CT molecular complexity index is 629. The predicted molar refractivity (Wildman–Crippen MR) is 103 cm³/mol. The predicted octanol–water partition coefficient (Wildman–Crippen LogP) is 3.09. The summed E-state index contributed by atoms with van der Waals surface area (Å²) in [4.78, 5) is 27.1. The second-order valence-electron chi connectivity index (χ2n) is 7.58. The van der Waals surface area contributed by atoms with E-state index in [1.54, 1.807) is 0 Å². The normalized spacial score (nSPS) is 19.5. The lowest BCUT2D eigenvalue weighted by Gasteiger charge is -2.28. The topological polar surface area (TPSA) is 75.9 Å². The minimum absolute atomic E-state index is 0.0132. The molecule has 0 aromatic heterocycles. The van der Waals surface area contributed by atoms with Crippen molar-refractivity contribution < 1.29 is 14.5 Å². The Labute approximate surface area is 160 Å². The van der Waals surface area contributed by atoms with E-state index in [1.165, 1.54) is 62.9 Å². The number of nitro benzene ring substituents is 1. The molecule has 1 aromatic carbocycles. The lowest BCUT2D eigenvalue weighted by Crippen LogP contribution is -2.39. The molecule has 0 radical (unpaired) electrons. The summed E-state index contributed by atoms with van der Waals surface area (Å²) in [6.45, 7) is 4.64. The number of carbonyl (C=O) groups excluding carboxylic acids is 1. The molecule has 0 spiro atoms. The summed E-state index contributed by atoms with van der Waals surface area (Å²) in [5.74, 6) is 1.28. The highest BCUT2D eigenvalue weighted by Crippen LogP contribution is 2.24. The van der Waals surface area contributed by atoms with Crippen LogP contribution in [-0.2, 0) is 4.79 Å². The van der Waals surface area contributed by atoms with Crippen molar-refractivity contribution in [3.8, 4) is 5.75 Å². The molecule has 1 aliphatic carbocycles. The highest BCUT2D eigenvalue weighted by Gasteiger charge is 2.22. The van der Waals surface area contributed by atoms with Crippen molar-refractivity contribution in [2.45, 2.75) is 38.5 Å². The van der Waals surface area contributed by atoms with E-state index in [-0.39, 0.29) is 18.2 Å². The second-order valence-corrected chi connectivity index (χ2v) is 7.58. The zero-order valence-corrected chi connectivity index (χ0v) is 15.8. The van der Waals surface area contributed by atoms with Gasteiger partial charge in [0.1, 0.15) is 5.75 Å². The number of nitrogens with zero attached hydrogens (tertiary/aromatic N) is 3. The minimum atomic E-state index is -0.453. The SMILES string of the molecule is O=C(COc1ccc([N+](=O)[O-])cc1)N1CCCN(CC2CCCCC2)CC1. The fourth-order valence-corrected chi connectivity index (χ4v) is 4.04. The van der Waals surface area contributed by atoms with Crippen molar-refractivity contribution in [3.63, 3.8) is 0 Å². The van der Waals surface area contributed by atoms with Crippen molar-refractivity contribution in [1.82, 2.24) is 9.80 Å². The van der Waals surface area contributed by atoms with Gasteiger partial charge in [0.05, 0.1) is 4.92 Å². The van der Waals surface area contributed by atoms with Gasteiger partial charge in [0.25, 0.3) is 11.6 Å². The number of nitro groups is 1. The molecule has 0 atom stereocenters. The maximum atomic E-state index is 12.5. The molecule has 7 nitrogen and oxygen atoms in total. The van der Waals surface area contributed by atoms with Crippen LogP contribution in [0.2, 0.25) is 0 Å². The molecule has 1 aliphatic heterocycles. The Morgan fingerprint density at radius 2 is 1.78 bits per heavy atom. The van der Waals surface area contributed by atoms with Gasteiger partial charge in [-0.2, -0.15) is 0 Å². The van der Waals surface area contributed by atoms with Crippen molar-refractivity contribution in [1.29, 1.82) is 0 Å². The first kappa shape index (κ1) is 19.6. The number of benzene rings is 1. The molecule has 0 N–H and O–H groups in total. The lowest BCUT2D eigenvalue weighted by molar-refractivity contribution is -0.384. The average molecular weight is 375 g/mol. The van der Waals surface area contributed by atoms with Gasteiger partial charge in [-0.15, -0.1) is 0 Å². The van der Waals surface area contributed by atoms with Crippen LogP contribution >= 0.6 is 0 Å². The first-order chi connectivity index (χ1) is 13.1. The van der Waals surface area contributed by atoms with Gasteiger partial charge in [-0.3, -0.25) is 14.9 Å². The van der Waals surface area contributed by atoms with E-state index in [4.69, 9.17) is 4.74 Å². The molecular weight excluding hydrogens is 346 g/mol. The van der Waals surface area contributed by atoms with Crippen molar-refractivity contribution in [2.75, 3.05) is 39.3 Å². The number of non-ortho nitro benzene ring substituents is 1. The number of carbonyl (C=O) groups is 1. The number of amides is 1. The molecule has 1 saturated heterocycles. The highest BCUT2D eigenvalue weighted by molar-refractivity contribution is 5.77. The van der Waals surface area contributed by atoms with Gasteiger partial charge >= 0.3 is 0 Å². The molecule has 0 bridgehead atoms. The van der Waals surface area contributed by atoms with Gasteiger partial charge in [-0.05, 0) is 43.9 Å². The van der Waals surface area contributed by atoms with Gasteiger partial charge < -0.3 is 14.5 Å². The van der Waals surface area contributed by atoms with Crippen molar-refractivity contribution >= 4 is 11.6 Å². The number of hydrogen-bond acceptors (Lipinski definition) is 5. The molecule has 27 heavy (non-hydrogen) atoms.